The van der Waals surface area contributed by atoms with E-state index >= 15 is 0 Å². The number of carbonyl (C=O) groups is 1. The van der Waals surface area contributed by atoms with Gasteiger partial charge in [0.1, 0.15) is 0 Å². The van der Waals surface area contributed by atoms with Crippen LogP contribution >= 0.6 is 0 Å². The summed E-state index contributed by atoms with van der Waals surface area (Å²) < 4.78 is 68.9. The molecule has 0 amide bonds. The normalized spacial score (nSPS) is 10.8. The van der Waals surface area contributed by atoms with E-state index in [9.17, 15) is 30.7 Å². The minimum absolute atomic E-state index is 0. The largest absolute Gasteiger partial charge is 1.00 e. The van der Waals surface area contributed by atoms with Gasteiger partial charge in [0, 0.05) is 13.1 Å². The number of rotatable bonds is 28. The van der Waals surface area contributed by atoms with Crippen LogP contribution in [0.1, 0.15) is 142 Å². The molecule has 12 nitrogen and oxygen atoms in total. The third-order valence-corrected chi connectivity index (χ3v) is 6.96. The van der Waals surface area contributed by atoms with Gasteiger partial charge in [-0.15, -0.1) is 0 Å². The maximum absolute atomic E-state index is 10.1. The smallest absolute Gasteiger partial charge is 0.726 e. The van der Waals surface area contributed by atoms with E-state index in [4.69, 9.17) is 10.8 Å². The molecule has 256 valence electrons. The van der Waals surface area contributed by atoms with Crippen molar-refractivity contribution in [3.05, 3.63) is 0 Å². The molecule has 0 fully saturated rings. The van der Waals surface area contributed by atoms with Gasteiger partial charge in [-0.05, 0) is 12.8 Å². The van der Waals surface area contributed by atoms with Gasteiger partial charge in [-0.1, -0.05) is 129 Å². The summed E-state index contributed by atoms with van der Waals surface area (Å²) >= 11 is 0. The van der Waals surface area contributed by atoms with Crippen molar-refractivity contribution in [2.45, 2.75) is 142 Å². The Morgan fingerprint density at radius 2 is 0.886 bits per heavy atom. The quantitative estimate of drug-likeness (QED) is 0.0406. The zero-order chi connectivity index (χ0) is 32.4. The third kappa shape index (κ3) is 65.7. The fourth-order valence-corrected chi connectivity index (χ4v) is 4.44. The summed E-state index contributed by atoms with van der Waals surface area (Å²) in [6.07, 6.45) is 23.4. The molecule has 0 aromatic heterocycles. The number of hydrogen-bond acceptors (Lipinski definition) is 11. The Balaban J connectivity index is -0.000000179. The number of unbranched alkanes of at least 4 members (excludes halogenated alkanes) is 18. The molecule has 0 saturated carbocycles. The summed E-state index contributed by atoms with van der Waals surface area (Å²) in [7, 11) is -8.97. The van der Waals surface area contributed by atoms with Crippen molar-refractivity contribution >= 4 is 26.8 Å². The Morgan fingerprint density at radius 3 is 1.11 bits per heavy atom. The summed E-state index contributed by atoms with van der Waals surface area (Å²) in [5.41, 5.74) is 5.06. The first-order valence-electron chi connectivity index (χ1n) is 15.7. The van der Waals surface area contributed by atoms with Crippen molar-refractivity contribution in [3.63, 3.8) is 0 Å². The number of aliphatic carboxylic acids is 1. The van der Waals surface area contributed by atoms with Crippen molar-refractivity contribution in [1.82, 2.24) is 5.32 Å². The molecular formula is C28H60N2Na2O10S2. The molecule has 0 unspecified atom stereocenters. The van der Waals surface area contributed by atoms with Crippen molar-refractivity contribution in [3.8, 4) is 0 Å². The molecule has 0 radical (unpaired) electrons. The van der Waals surface area contributed by atoms with E-state index in [1.807, 2.05) is 0 Å². The van der Waals surface area contributed by atoms with E-state index < -0.39 is 26.8 Å². The molecule has 0 heterocycles. The van der Waals surface area contributed by atoms with Gasteiger partial charge in [0.15, 0.2) is 0 Å². The minimum Gasteiger partial charge on any atom is -0.726 e. The van der Waals surface area contributed by atoms with Gasteiger partial charge in [0.05, 0.1) is 19.8 Å². The summed E-state index contributed by atoms with van der Waals surface area (Å²) in [5, 5.41) is 10.6. The van der Waals surface area contributed by atoms with Crippen LogP contribution in [0.2, 0.25) is 0 Å². The number of carboxylic acid groups (broad SMARTS) is 1. The molecule has 44 heavy (non-hydrogen) atoms. The average Bonchev–Trinajstić information content (AvgIpc) is 2.90. The Bertz CT molecular complexity index is 724. The van der Waals surface area contributed by atoms with Crippen LogP contribution in [-0.4, -0.2) is 69.9 Å². The van der Waals surface area contributed by atoms with Gasteiger partial charge in [-0.25, -0.2) is 16.8 Å². The molecule has 16 heteroatoms. The van der Waals surface area contributed by atoms with E-state index in [0.717, 1.165) is 25.7 Å². The summed E-state index contributed by atoms with van der Waals surface area (Å²) in [4.78, 5) is 9.77. The fourth-order valence-electron chi connectivity index (χ4n) is 3.80. The molecule has 0 spiro atoms. The van der Waals surface area contributed by atoms with Gasteiger partial charge < -0.3 is 25.3 Å². The van der Waals surface area contributed by atoms with Gasteiger partial charge in [-0.3, -0.25) is 13.2 Å². The number of hydrogen-bond donors (Lipinski definition) is 3. The second-order valence-electron chi connectivity index (χ2n) is 10.2. The molecule has 0 atom stereocenters. The molecule has 0 saturated heterocycles. The first-order valence-corrected chi connectivity index (χ1v) is 18.4. The third-order valence-electron chi connectivity index (χ3n) is 6.05. The number of carboxylic acids is 1. The van der Waals surface area contributed by atoms with Crippen LogP contribution in [-0.2, 0) is 34.0 Å². The van der Waals surface area contributed by atoms with E-state index in [2.05, 4.69) is 27.5 Å². The van der Waals surface area contributed by atoms with E-state index in [1.165, 1.54) is 89.9 Å². The molecule has 0 aromatic rings. The van der Waals surface area contributed by atoms with Crippen molar-refractivity contribution in [1.29, 1.82) is 0 Å². The van der Waals surface area contributed by atoms with E-state index in [-0.39, 0.29) is 78.9 Å². The fraction of sp³-hybridized carbons (Fsp3) is 0.964. The maximum Gasteiger partial charge on any atom is 1.00 e. The monoisotopic (exact) mass is 694 g/mol. The molecule has 0 aliphatic carbocycles. The first-order chi connectivity index (χ1) is 19.9. The van der Waals surface area contributed by atoms with Crippen molar-refractivity contribution < 1.29 is 103 Å². The number of nitrogens with one attached hydrogen (secondary N) is 1. The van der Waals surface area contributed by atoms with E-state index in [1.54, 1.807) is 0 Å². The molecule has 0 rings (SSSR count). The Hall–Kier alpha value is 1.13. The predicted molar refractivity (Wildman–Crippen MR) is 165 cm³/mol. The summed E-state index contributed by atoms with van der Waals surface area (Å²) in [6, 6.07) is 0. The Morgan fingerprint density at radius 1 is 0.614 bits per heavy atom. The van der Waals surface area contributed by atoms with Gasteiger partial charge in [0.2, 0.25) is 20.8 Å². The zero-order valence-corrected chi connectivity index (χ0v) is 33.8. The molecule has 0 aliphatic rings. The second-order valence-corrected chi connectivity index (χ2v) is 12.3. The average molecular weight is 695 g/mol. The van der Waals surface area contributed by atoms with Crippen LogP contribution in [0.3, 0.4) is 0 Å². The molecule has 0 aliphatic heterocycles. The zero-order valence-electron chi connectivity index (χ0n) is 28.2. The molecule has 4 N–H and O–H groups in total. The standard InChI is InChI=1S/2C12H26O4S.C4H10N2O2.2Na/c2*1-2-3-4-5-6-7-8-9-10-11-12-16-17(13,14)15;5-1-2-6-3-4(7)8;;/h2*2-12H2,1H3,(H,13,14,15);6H,1-3,5H2,(H,7,8);;/q;;;2*+1/p-2. The SMILES string of the molecule is CCCCCCCCCCCCOS(=O)(=O)[O-].CCCCCCCCCCCCOS(=O)(=O)[O-].NCCNCC(=O)O.[Na+].[Na+]. The van der Waals surface area contributed by atoms with Crippen molar-refractivity contribution in [2.75, 3.05) is 32.8 Å². The predicted octanol–water partition coefficient (Wildman–Crippen LogP) is -0.604. The van der Waals surface area contributed by atoms with Gasteiger partial charge >= 0.3 is 65.1 Å². The van der Waals surface area contributed by atoms with Crippen LogP contribution in [0.5, 0.6) is 0 Å². The van der Waals surface area contributed by atoms with Crippen LogP contribution in [0.15, 0.2) is 0 Å². The van der Waals surface area contributed by atoms with Crippen LogP contribution in [0.4, 0.5) is 0 Å². The van der Waals surface area contributed by atoms with Crippen molar-refractivity contribution in [2.24, 2.45) is 5.73 Å². The topological polar surface area (TPSA) is 208 Å². The molecule has 0 bridgehead atoms. The summed E-state index contributed by atoms with van der Waals surface area (Å²) in [5.74, 6) is -0.849. The Kier molecular flexibility index (Phi) is 52.3. The molecular weight excluding hydrogens is 634 g/mol. The summed E-state index contributed by atoms with van der Waals surface area (Å²) in [6.45, 7) is 5.52. The maximum atomic E-state index is 10.1. The van der Waals surface area contributed by atoms with Gasteiger partial charge in [0.25, 0.3) is 0 Å². The first kappa shape index (κ1) is 54.6. The number of nitrogens with two attached hydrogens (primary N) is 1. The Labute approximate surface area is 313 Å². The van der Waals surface area contributed by atoms with Crippen LogP contribution in [0, 0.1) is 0 Å². The van der Waals surface area contributed by atoms with Crippen LogP contribution in [0.25, 0.3) is 0 Å². The van der Waals surface area contributed by atoms with Crippen LogP contribution < -0.4 is 70.2 Å². The minimum atomic E-state index is -4.48. The van der Waals surface area contributed by atoms with E-state index in [0.29, 0.717) is 25.9 Å². The van der Waals surface area contributed by atoms with Gasteiger partial charge in [-0.2, -0.15) is 0 Å². The second kappa shape index (κ2) is 42.2. The molecule has 0 aromatic carbocycles.